The molecule has 1 atom stereocenters. The zero-order valence-electron chi connectivity index (χ0n) is 10.7. The summed E-state index contributed by atoms with van der Waals surface area (Å²) in [6, 6.07) is 6.80. The van der Waals surface area contributed by atoms with E-state index < -0.39 is 6.04 Å². The second-order valence-corrected chi connectivity index (χ2v) is 5.34. The first-order chi connectivity index (χ1) is 8.40. The van der Waals surface area contributed by atoms with E-state index in [9.17, 15) is 9.59 Å². The lowest BCUT2D eigenvalue weighted by atomic mass is 10.0. The summed E-state index contributed by atoms with van der Waals surface area (Å²) < 4.78 is 0.890. The first-order valence-corrected chi connectivity index (χ1v) is 6.53. The summed E-state index contributed by atoms with van der Waals surface area (Å²) in [5.74, 6) is -0.391. The molecule has 0 aliphatic heterocycles. The molecule has 4 nitrogen and oxygen atoms in total. The van der Waals surface area contributed by atoms with Crippen LogP contribution in [-0.4, -0.2) is 17.9 Å². The van der Waals surface area contributed by atoms with Crippen molar-refractivity contribution in [2.24, 2.45) is 5.92 Å². The molecule has 0 saturated carbocycles. The van der Waals surface area contributed by atoms with Crippen molar-refractivity contribution in [2.75, 3.05) is 5.32 Å². The van der Waals surface area contributed by atoms with Gasteiger partial charge in [-0.1, -0.05) is 35.8 Å². The lowest BCUT2D eigenvalue weighted by molar-refractivity contribution is -0.126. The zero-order chi connectivity index (χ0) is 13.7. The molecule has 0 heterocycles. The summed E-state index contributed by atoms with van der Waals surface area (Å²) >= 11 is 3.34. The van der Waals surface area contributed by atoms with Gasteiger partial charge in [0.15, 0.2) is 0 Å². The van der Waals surface area contributed by atoms with Crippen LogP contribution in [-0.2, 0) is 9.59 Å². The van der Waals surface area contributed by atoms with Gasteiger partial charge in [-0.25, -0.2) is 0 Å². The number of hydrogen-bond acceptors (Lipinski definition) is 2. The van der Waals surface area contributed by atoms with E-state index in [0.29, 0.717) is 5.69 Å². The minimum Gasteiger partial charge on any atom is -0.344 e. The van der Waals surface area contributed by atoms with Crippen LogP contribution in [0.3, 0.4) is 0 Å². The molecule has 0 bridgehead atoms. The van der Waals surface area contributed by atoms with Crippen molar-refractivity contribution in [1.82, 2.24) is 5.32 Å². The fourth-order valence-electron chi connectivity index (χ4n) is 1.54. The summed E-state index contributed by atoms with van der Waals surface area (Å²) in [7, 11) is 0. The molecule has 1 aromatic carbocycles. The van der Waals surface area contributed by atoms with E-state index in [0.717, 1.165) is 4.47 Å². The highest BCUT2D eigenvalue weighted by molar-refractivity contribution is 9.10. The molecule has 98 valence electrons. The van der Waals surface area contributed by atoms with Crippen molar-refractivity contribution < 1.29 is 9.59 Å². The second-order valence-electron chi connectivity index (χ2n) is 4.42. The Kier molecular flexibility index (Phi) is 5.34. The van der Waals surface area contributed by atoms with Crippen molar-refractivity contribution in [2.45, 2.75) is 26.8 Å². The largest absolute Gasteiger partial charge is 0.344 e. The average molecular weight is 313 g/mol. The van der Waals surface area contributed by atoms with Crippen LogP contribution in [0.15, 0.2) is 28.7 Å². The molecule has 1 aromatic rings. The number of carbonyl (C=O) groups is 2. The van der Waals surface area contributed by atoms with Crippen LogP contribution in [0, 0.1) is 5.92 Å². The van der Waals surface area contributed by atoms with Gasteiger partial charge in [0.05, 0.1) is 0 Å². The molecule has 0 aromatic heterocycles. The van der Waals surface area contributed by atoms with Crippen LogP contribution >= 0.6 is 15.9 Å². The number of amides is 2. The molecule has 0 aliphatic rings. The Morgan fingerprint density at radius 3 is 2.44 bits per heavy atom. The second kappa shape index (κ2) is 6.54. The summed E-state index contributed by atoms with van der Waals surface area (Å²) in [6.07, 6.45) is 0. The fourth-order valence-corrected chi connectivity index (χ4v) is 1.94. The molecule has 2 N–H and O–H groups in total. The van der Waals surface area contributed by atoms with Crippen molar-refractivity contribution >= 4 is 33.4 Å². The Hall–Kier alpha value is -1.36. The summed E-state index contributed by atoms with van der Waals surface area (Å²) in [5, 5.41) is 5.44. The number of carbonyl (C=O) groups excluding carboxylic acids is 2. The van der Waals surface area contributed by atoms with Gasteiger partial charge >= 0.3 is 0 Å². The minimum absolute atomic E-state index is 0.0288. The maximum atomic E-state index is 12.1. The molecule has 0 saturated heterocycles. The van der Waals surface area contributed by atoms with Crippen LogP contribution in [0.4, 0.5) is 5.69 Å². The highest BCUT2D eigenvalue weighted by atomic mass is 79.9. The number of anilines is 1. The molecule has 0 fully saturated rings. The summed E-state index contributed by atoms with van der Waals surface area (Å²) in [6.45, 7) is 5.18. The summed E-state index contributed by atoms with van der Waals surface area (Å²) in [5.41, 5.74) is 0.699. The van der Waals surface area contributed by atoms with E-state index in [2.05, 4.69) is 26.6 Å². The third-order valence-corrected chi connectivity index (χ3v) is 2.89. The quantitative estimate of drug-likeness (QED) is 0.897. The van der Waals surface area contributed by atoms with Crippen molar-refractivity contribution in [3.05, 3.63) is 28.7 Å². The van der Waals surface area contributed by atoms with Crippen LogP contribution in [0.25, 0.3) is 0 Å². The van der Waals surface area contributed by atoms with E-state index in [-0.39, 0.29) is 17.7 Å². The standard InChI is InChI=1S/C13H17BrN2O2/c1-8(2)12(15-9(3)17)13(18)16-11-6-4-5-10(14)7-11/h4-8,12H,1-3H3,(H,15,17)(H,16,18). The predicted octanol–water partition coefficient (Wildman–Crippen LogP) is 2.55. The molecule has 0 aliphatic carbocycles. The molecule has 2 amide bonds. The molecule has 1 rings (SSSR count). The monoisotopic (exact) mass is 312 g/mol. The first-order valence-electron chi connectivity index (χ1n) is 5.73. The summed E-state index contributed by atoms with van der Waals surface area (Å²) in [4.78, 5) is 23.1. The van der Waals surface area contributed by atoms with Gasteiger partial charge in [0.1, 0.15) is 6.04 Å². The van der Waals surface area contributed by atoms with Gasteiger partial charge in [-0.2, -0.15) is 0 Å². The number of halogens is 1. The van der Waals surface area contributed by atoms with Gasteiger partial charge in [-0.15, -0.1) is 0 Å². The van der Waals surface area contributed by atoms with Crippen molar-refractivity contribution in [1.29, 1.82) is 0 Å². The third kappa shape index (κ3) is 4.49. The Labute approximate surface area is 115 Å². The topological polar surface area (TPSA) is 58.2 Å². The molecule has 0 radical (unpaired) electrons. The highest BCUT2D eigenvalue weighted by Gasteiger charge is 2.22. The molecule has 0 spiro atoms. The Bertz CT molecular complexity index is 446. The molecule has 5 heteroatoms. The SMILES string of the molecule is CC(=O)NC(C(=O)Nc1cccc(Br)c1)C(C)C. The van der Waals surface area contributed by atoms with Gasteiger partial charge in [0, 0.05) is 17.1 Å². The van der Waals surface area contributed by atoms with E-state index in [1.54, 1.807) is 6.07 Å². The average Bonchev–Trinajstić information content (AvgIpc) is 2.25. The molecule has 1 unspecified atom stereocenters. The highest BCUT2D eigenvalue weighted by Crippen LogP contribution is 2.16. The normalized spacial score (nSPS) is 12.1. The van der Waals surface area contributed by atoms with Gasteiger partial charge < -0.3 is 10.6 Å². The van der Waals surface area contributed by atoms with E-state index >= 15 is 0 Å². The van der Waals surface area contributed by atoms with Gasteiger partial charge in [-0.3, -0.25) is 9.59 Å². The maximum absolute atomic E-state index is 12.1. The Morgan fingerprint density at radius 1 is 1.28 bits per heavy atom. The smallest absolute Gasteiger partial charge is 0.247 e. The number of hydrogen-bond donors (Lipinski definition) is 2. The molecular weight excluding hydrogens is 296 g/mol. The molecule has 18 heavy (non-hydrogen) atoms. The zero-order valence-corrected chi connectivity index (χ0v) is 12.2. The lowest BCUT2D eigenvalue weighted by Crippen LogP contribution is -2.46. The van der Waals surface area contributed by atoms with E-state index in [1.807, 2.05) is 32.0 Å². The van der Waals surface area contributed by atoms with Gasteiger partial charge in [0.25, 0.3) is 0 Å². The lowest BCUT2D eigenvalue weighted by Gasteiger charge is -2.20. The van der Waals surface area contributed by atoms with Gasteiger partial charge in [-0.05, 0) is 24.1 Å². The first kappa shape index (κ1) is 14.7. The van der Waals surface area contributed by atoms with E-state index in [4.69, 9.17) is 0 Å². The minimum atomic E-state index is -0.526. The molecular formula is C13H17BrN2O2. The number of benzene rings is 1. The van der Waals surface area contributed by atoms with E-state index in [1.165, 1.54) is 6.92 Å². The van der Waals surface area contributed by atoms with Crippen LogP contribution in [0.1, 0.15) is 20.8 Å². The van der Waals surface area contributed by atoms with Gasteiger partial charge in [0.2, 0.25) is 11.8 Å². The number of nitrogens with one attached hydrogen (secondary N) is 2. The predicted molar refractivity (Wildman–Crippen MR) is 75.2 cm³/mol. The Morgan fingerprint density at radius 2 is 1.94 bits per heavy atom. The van der Waals surface area contributed by atoms with Crippen molar-refractivity contribution in [3.8, 4) is 0 Å². The number of rotatable bonds is 4. The van der Waals surface area contributed by atoms with Crippen molar-refractivity contribution in [3.63, 3.8) is 0 Å². The van der Waals surface area contributed by atoms with Crippen LogP contribution < -0.4 is 10.6 Å². The Balaban J connectivity index is 2.75. The maximum Gasteiger partial charge on any atom is 0.247 e. The third-order valence-electron chi connectivity index (χ3n) is 2.40. The van der Waals surface area contributed by atoms with Crippen LogP contribution in [0.5, 0.6) is 0 Å². The fraction of sp³-hybridized carbons (Fsp3) is 0.385. The van der Waals surface area contributed by atoms with Crippen LogP contribution in [0.2, 0.25) is 0 Å².